The van der Waals surface area contributed by atoms with Crippen molar-refractivity contribution in [2.24, 2.45) is 11.7 Å². The molecule has 2 nitrogen and oxygen atoms in total. The third-order valence-electron chi connectivity index (χ3n) is 2.25. The minimum Gasteiger partial charge on any atom is -0.327 e. The van der Waals surface area contributed by atoms with E-state index in [0.717, 1.165) is 32.0 Å². The minimum atomic E-state index is 0.354. The van der Waals surface area contributed by atoms with E-state index in [9.17, 15) is 0 Å². The molecule has 0 bridgehead atoms. The molecule has 2 heteroatoms. The predicted molar refractivity (Wildman–Crippen MR) is 51.6 cm³/mol. The topological polar surface area (TPSA) is 29.3 Å². The standard InChI is InChI=1S/C10H18N2/c1-3-4-5-12-7-9(2)6-10(11)8-12/h9-10H,5-8,11H2,1-2H3. The summed E-state index contributed by atoms with van der Waals surface area (Å²) in [5.74, 6) is 6.72. The predicted octanol–water partition coefficient (Wildman–Crippen LogP) is 0.679. The Bertz CT molecular complexity index is 180. The van der Waals surface area contributed by atoms with E-state index in [1.165, 1.54) is 0 Å². The molecule has 2 atom stereocenters. The van der Waals surface area contributed by atoms with Crippen LogP contribution in [0, 0.1) is 17.8 Å². The zero-order valence-corrected chi connectivity index (χ0v) is 8.01. The molecule has 12 heavy (non-hydrogen) atoms. The summed E-state index contributed by atoms with van der Waals surface area (Å²) in [6.07, 6.45) is 1.16. The molecule has 1 fully saturated rings. The van der Waals surface area contributed by atoms with Crippen molar-refractivity contribution in [1.29, 1.82) is 0 Å². The Balaban J connectivity index is 2.37. The van der Waals surface area contributed by atoms with E-state index in [-0.39, 0.29) is 0 Å². The SMILES string of the molecule is CC#CCN1CC(C)CC(N)C1. The number of hydrogen-bond acceptors (Lipinski definition) is 2. The smallest absolute Gasteiger partial charge is 0.0602 e. The van der Waals surface area contributed by atoms with Gasteiger partial charge < -0.3 is 5.73 Å². The molecule has 1 rings (SSSR count). The number of rotatable bonds is 1. The fourth-order valence-electron chi connectivity index (χ4n) is 1.83. The first-order valence-corrected chi connectivity index (χ1v) is 4.60. The first-order valence-electron chi connectivity index (χ1n) is 4.60. The Morgan fingerprint density at radius 1 is 1.50 bits per heavy atom. The zero-order valence-electron chi connectivity index (χ0n) is 8.01. The maximum Gasteiger partial charge on any atom is 0.0602 e. The normalized spacial score (nSPS) is 30.9. The Morgan fingerprint density at radius 3 is 2.83 bits per heavy atom. The summed E-state index contributed by atoms with van der Waals surface area (Å²) in [7, 11) is 0. The summed E-state index contributed by atoms with van der Waals surface area (Å²) in [6, 6.07) is 0.354. The third kappa shape index (κ3) is 2.84. The van der Waals surface area contributed by atoms with E-state index in [1.807, 2.05) is 6.92 Å². The van der Waals surface area contributed by atoms with Crippen LogP contribution in [0.25, 0.3) is 0 Å². The summed E-state index contributed by atoms with van der Waals surface area (Å²) >= 11 is 0. The highest BCUT2D eigenvalue weighted by molar-refractivity contribution is 4.99. The highest BCUT2D eigenvalue weighted by Gasteiger charge is 2.20. The molecule has 1 aliphatic rings. The third-order valence-corrected chi connectivity index (χ3v) is 2.25. The second kappa shape index (κ2) is 4.49. The maximum atomic E-state index is 5.90. The largest absolute Gasteiger partial charge is 0.327 e. The second-order valence-corrected chi connectivity index (χ2v) is 3.72. The lowest BCUT2D eigenvalue weighted by Gasteiger charge is -2.33. The van der Waals surface area contributed by atoms with Crippen molar-refractivity contribution in [3.63, 3.8) is 0 Å². The summed E-state index contributed by atoms with van der Waals surface area (Å²) in [4.78, 5) is 2.34. The van der Waals surface area contributed by atoms with Gasteiger partial charge in [0, 0.05) is 19.1 Å². The van der Waals surface area contributed by atoms with Gasteiger partial charge in [0.15, 0.2) is 0 Å². The van der Waals surface area contributed by atoms with Gasteiger partial charge in [0.1, 0.15) is 0 Å². The molecule has 1 saturated heterocycles. The van der Waals surface area contributed by atoms with E-state index in [1.54, 1.807) is 0 Å². The van der Waals surface area contributed by atoms with Gasteiger partial charge >= 0.3 is 0 Å². The highest BCUT2D eigenvalue weighted by atomic mass is 15.1. The lowest BCUT2D eigenvalue weighted by Crippen LogP contribution is -2.46. The Labute approximate surface area is 75.1 Å². The van der Waals surface area contributed by atoms with Crippen LogP contribution in [0.15, 0.2) is 0 Å². The lowest BCUT2D eigenvalue weighted by molar-refractivity contribution is 0.183. The van der Waals surface area contributed by atoms with Crippen molar-refractivity contribution in [3.05, 3.63) is 0 Å². The van der Waals surface area contributed by atoms with Gasteiger partial charge in [0.05, 0.1) is 6.54 Å². The summed E-state index contributed by atoms with van der Waals surface area (Å²) < 4.78 is 0. The molecule has 0 amide bonds. The molecule has 1 heterocycles. The maximum absolute atomic E-state index is 5.90. The molecule has 68 valence electrons. The fourth-order valence-corrected chi connectivity index (χ4v) is 1.83. The van der Waals surface area contributed by atoms with Gasteiger partial charge in [-0.05, 0) is 19.3 Å². The van der Waals surface area contributed by atoms with Crippen LogP contribution in [-0.2, 0) is 0 Å². The van der Waals surface area contributed by atoms with Gasteiger partial charge in [0.25, 0.3) is 0 Å². The molecule has 2 unspecified atom stereocenters. The number of piperidine rings is 1. The van der Waals surface area contributed by atoms with E-state index < -0.39 is 0 Å². The Morgan fingerprint density at radius 2 is 2.25 bits per heavy atom. The van der Waals surface area contributed by atoms with Crippen molar-refractivity contribution >= 4 is 0 Å². The van der Waals surface area contributed by atoms with E-state index in [0.29, 0.717) is 6.04 Å². The Hall–Kier alpha value is -0.520. The Kier molecular flexibility index (Phi) is 3.58. The van der Waals surface area contributed by atoms with Crippen LogP contribution >= 0.6 is 0 Å². The lowest BCUT2D eigenvalue weighted by atomic mass is 9.97. The molecule has 0 spiro atoms. The summed E-state index contributed by atoms with van der Waals surface area (Å²) in [5.41, 5.74) is 5.90. The molecule has 0 saturated carbocycles. The molecule has 0 aliphatic carbocycles. The average molecular weight is 166 g/mol. The minimum absolute atomic E-state index is 0.354. The molecule has 0 aromatic heterocycles. The molecule has 2 N–H and O–H groups in total. The molecule has 0 aromatic rings. The van der Waals surface area contributed by atoms with Crippen molar-refractivity contribution in [1.82, 2.24) is 4.90 Å². The summed E-state index contributed by atoms with van der Waals surface area (Å²) in [5, 5.41) is 0. The number of nitrogens with two attached hydrogens (primary N) is 1. The van der Waals surface area contributed by atoms with Crippen LogP contribution in [0.3, 0.4) is 0 Å². The molecular formula is C10H18N2. The van der Waals surface area contributed by atoms with E-state index in [2.05, 4.69) is 23.7 Å². The number of nitrogens with zero attached hydrogens (tertiary/aromatic N) is 1. The van der Waals surface area contributed by atoms with Crippen molar-refractivity contribution < 1.29 is 0 Å². The monoisotopic (exact) mass is 166 g/mol. The van der Waals surface area contributed by atoms with Crippen molar-refractivity contribution in [3.8, 4) is 11.8 Å². The van der Waals surface area contributed by atoms with Crippen molar-refractivity contribution in [2.75, 3.05) is 19.6 Å². The molecule has 0 radical (unpaired) electrons. The van der Waals surface area contributed by atoms with Crippen LogP contribution in [-0.4, -0.2) is 30.6 Å². The number of hydrogen-bond donors (Lipinski definition) is 1. The highest BCUT2D eigenvalue weighted by Crippen LogP contribution is 2.13. The van der Waals surface area contributed by atoms with Crippen molar-refractivity contribution in [2.45, 2.75) is 26.3 Å². The van der Waals surface area contributed by atoms with Gasteiger partial charge in [-0.15, -0.1) is 5.92 Å². The van der Waals surface area contributed by atoms with Gasteiger partial charge in [-0.3, -0.25) is 4.90 Å². The molecule has 0 aromatic carbocycles. The second-order valence-electron chi connectivity index (χ2n) is 3.72. The first-order chi connectivity index (χ1) is 5.72. The quantitative estimate of drug-likeness (QED) is 0.580. The van der Waals surface area contributed by atoms with E-state index >= 15 is 0 Å². The van der Waals surface area contributed by atoms with Crippen LogP contribution in [0.2, 0.25) is 0 Å². The molecule has 1 aliphatic heterocycles. The first kappa shape index (κ1) is 9.57. The van der Waals surface area contributed by atoms with Gasteiger partial charge in [-0.2, -0.15) is 0 Å². The van der Waals surface area contributed by atoms with Gasteiger partial charge in [-0.25, -0.2) is 0 Å². The van der Waals surface area contributed by atoms with Gasteiger partial charge in [-0.1, -0.05) is 12.8 Å². The van der Waals surface area contributed by atoms with Crippen LogP contribution in [0.4, 0.5) is 0 Å². The van der Waals surface area contributed by atoms with Crippen LogP contribution in [0.1, 0.15) is 20.3 Å². The fraction of sp³-hybridized carbons (Fsp3) is 0.800. The zero-order chi connectivity index (χ0) is 8.97. The summed E-state index contributed by atoms with van der Waals surface area (Å²) in [6.45, 7) is 7.19. The number of likely N-dealkylation sites (tertiary alicyclic amines) is 1. The van der Waals surface area contributed by atoms with Gasteiger partial charge in [0.2, 0.25) is 0 Å². The van der Waals surface area contributed by atoms with E-state index in [4.69, 9.17) is 5.73 Å². The average Bonchev–Trinajstić information content (AvgIpc) is 1.99. The van der Waals surface area contributed by atoms with Crippen LogP contribution in [0.5, 0.6) is 0 Å². The van der Waals surface area contributed by atoms with Crippen LogP contribution < -0.4 is 5.73 Å². The molecular weight excluding hydrogens is 148 g/mol.